The summed E-state index contributed by atoms with van der Waals surface area (Å²) in [5.74, 6) is 1.68. The summed E-state index contributed by atoms with van der Waals surface area (Å²) >= 11 is 0. The molecule has 0 aliphatic carbocycles. The number of carbonyl (C=O) groups is 1. The van der Waals surface area contributed by atoms with Crippen molar-refractivity contribution >= 4 is 5.91 Å². The number of ether oxygens (including phenoxy) is 1. The fourth-order valence-electron chi connectivity index (χ4n) is 3.39. The Kier molecular flexibility index (Phi) is 5.55. The smallest absolute Gasteiger partial charge is 0.280 e. The molecule has 1 aliphatic rings. The first kappa shape index (κ1) is 19.1. The minimum Gasteiger partial charge on any atom is -0.484 e. The molecule has 2 aromatic heterocycles. The number of piperidine rings is 1. The second kappa shape index (κ2) is 8.42. The molecule has 1 saturated heterocycles. The van der Waals surface area contributed by atoms with E-state index in [-0.39, 0.29) is 18.6 Å². The molecule has 0 N–H and O–H groups in total. The summed E-state index contributed by atoms with van der Waals surface area (Å²) in [6.07, 6.45) is 4.32. The van der Waals surface area contributed by atoms with Gasteiger partial charge in [-0.3, -0.25) is 4.79 Å². The minimum absolute atomic E-state index is 0.0268. The van der Waals surface area contributed by atoms with E-state index in [1.54, 1.807) is 10.9 Å². The maximum Gasteiger partial charge on any atom is 0.280 e. The van der Waals surface area contributed by atoms with Crippen LogP contribution in [0.4, 0.5) is 0 Å². The zero-order valence-corrected chi connectivity index (χ0v) is 16.6. The zero-order valence-electron chi connectivity index (χ0n) is 16.6. The number of likely N-dealkylation sites (tertiary alicyclic amines) is 1. The van der Waals surface area contributed by atoms with Crippen LogP contribution in [-0.4, -0.2) is 55.6 Å². The van der Waals surface area contributed by atoms with Crippen molar-refractivity contribution in [1.29, 1.82) is 0 Å². The molecular formula is C20H24N6O3. The minimum atomic E-state index is -0.0268. The van der Waals surface area contributed by atoms with E-state index in [9.17, 15) is 4.79 Å². The number of rotatable bonds is 6. The molecule has 0 spiro atoms. The predicted molar refractivity (Wildman–Crippen MR) is 104 cm³/mol. The molecule has 4 rings (SSSR count). The van der Waals surface area contributed by atoms with Crippen LogP contribution < -0.4 is 4.74 Å². The highest BCUT2D eigenvalue weighted by molar-refractivity contribution is 5.77. The lowest BCUT2D eigenvalue weighted by Crippen LogP contribution is -2.43. The van der Waals surface area contributed by atoms with E-state index in [1.807, 2.05) is 43.0 Å². The first-order valence-corrected chi connectivity index (χ1v) is 9.84. The number of amides is 1. The third kappa shape index (κ3) is 4.44. The van der Waals surface area contributed by atoms with Gasteiger partial charge in [0.15, 0.2) is 18.1 Å². The Morgan fingerprint density at radius 2 is 2.28 bits per heavy atom. The molecule has 1 amide bonds. The van der Waals surface area contributed by atoms with Crippen molar-refractivity contribution < 1.29 is 14.1 Å². The Morgan fingerprint density at radius 3 is 3.07 bits per heavy atom. The Labute approximate surface area is 168 Å². The van der Waals surface area contributed by atoms with E-state index in [0.717, 1.165) is 24.9 Å². The second-order valence-corrected chi connectivity index (χ2v) is 7.19. The Morgan fingerprint density at radius 1 is 1.38 bits per heavy atom. The van der Waals surface area contributed by atoms with Crippen LogP contribution in [0.3, 0.4) is 0 Å². The summed E-state index contributed by atoms with van der Waals surface area (Å²) in [6.45, 7) is 5.27. The molecule has 152 valence electrons. The number of hydrogen-bond donors (Lipinski definition) is 0. The van der Waals surface area contributed by atoms with Gasteiger partial charge in [-0.15, -0.1) is 5.10 Å². The highest BCUT2D eigenvalue weighted by atomic mass is 16.5. The standard InChI is InChI=1S/C20H24N6O3/c1-3-18-21-20(29-23-18)17-12-26(24-22-17)15-7-5-9-25(11-15)19(27)13-28-16-8-4-6-14(2)10-16/h4,6,8,10,12,15H,3,5,7,9,11,13H2,1-2H3. The Bertz CT molecular complexity index is 982. The average molecular weight is 396 g/mol. The number of aryl methyl sites for hydroxylation is 2. The van der Waals surface area contributed by atoms with Gasteiger partial charge in [0, 0.05) is 19.5 Å². The lowest BCUT2D eigenvalue weighted by molar-refractivity contribution is -0.135. The molecule has 0 radical (unpaired) electrons. The lowest BCUT2D eigenvalue weighted by Gasteiger charge is -2.32. The lowest BCUT2D eigenvalue weighted by atomic mass is 10.1. The molecule has 1 aliphatic heterocycles. The summed E-state index contributed by atoms with van der Waals surface area (Å²) in [5, 5.41) is 12.3. The largest absolute Gasteiger partial charge is 0.484 e. The number of aromatic nitrogens is 5. The number of benzene rings is 1. The number of hydrogen-bond acceptors (Lipinski definition) is 7. The molecule has 3 aromatic rings. The van der Waals surface area contributed by atoms with Crippen molar-refractivity contribution in [3.63, 3.8) is 0 Å². The Hall–Kier alpha value is -3.23. The monoisotopic (exact) mass is 396 g/mol. The molecule has 0 saturated carbocycles. The SMILES string of the molecule is CCc1noc(-c2cn(C3CCCN(C(=O)COc4cccc(C)c4)C3)nn2)n1. The highest BCUT2D eigenvalue weighted by Crippen LogP contribution is 2.23. The molecule has 29 heavy (non-hydrogen) atoms. The molecule has 9 nitrogen and oxygen atoms in total. The van der Waals surface area contributed by atoms with Crippen LogP contribution in [-0.2, 0) is 11.2 Å². The highest BCUT2D eigenvalue weighted by Gasteiger charge is 2.26. The summed E-state index contributed by atoms with van der Waals surface area (Å²) < 4.78 is 12.7. The summed E-state index contributed by atoms with van der Waals surface area (Å²) in [4.78, 5) is 18.7. The van der Waals surface area contributed by atoms with Crippen molar-refractivity contribution in [2.24, 2.45) is 0 Å². The van der Waals surface area contributed by atoms with E-state index in [2.05, 4.69) is 20.5 Å². The maximum absolute atomic E-state index is 12.6. The first-order valence-electron chi connectivity index (χ1n) is 9.84. The van der Waals surface area contributed by atoms with E-state index >= 15 is 0 Å². The van der Waals surface area contributed by atoms with Gasteiger partial charge in [-0.05, 0) is 37.5 Å². The van der Waals surface area contributed by atoms with Gasteiger partial charge in [0.1, 0.15) is 5.75 Å². The molecule has 3 heterocycles. The van der Waals surface area contributed by atoms with Crippen molar-refractivity contribution in [3.05, 3.63) is 41.9 Å². The van der Waals surface area contributed by atoms with Crippen LogP contribution in [0, 0.1) is 6.92 Å². The van der Waals surface area contributed by atoms with Gasteiger partial charge in [-0.2, -0.15) is 4.98 Å². The van der Waals surface area contributed by atoms with Gasteiger partial charge in [0.2, 0.25) is 0 Å². The van der Waals surface area contributed by atoms with Crippen molar-refractivity contribution in [1.82, 2.24) is 30.0 Å². The molecule has 1 aromatic carbocycles. The average Bonchev–Trinajstić information content (AvgIpc) is 3.41. The fourth-order valence-corrected chi connectivity index (χ4v) is 3.39. The maximum atomic E-state index is 12.6. The Balaban J connectivity index is 1.37. The summed E-state index contributed by atoms with van der Waals surface area (Å²) in [7, 11) is 0. The third-order valence-corrected chi connectivity index (χ3v) is 4.99. The number of carbonyl (C=O) groups excluding carboxylic acids is 1. The second-order valence-electron chi connectivity index (χ2n) is 7.19. The van der Waals surface area contributed by atoms with Crippen LogP contribution in [0.5, 0.6) is 5.75 Å². The molecule has 1 fully saturated rings. The zero-order chi connectivity index (χ0) is 20.2. The van der Waals surface area contributed by atoms with E-state index in [0.29, 0.717) is 36.1 Å². The van der Waals surface area contributed by atoms with Crippen LogP contribution in [0.1, 0.15) is 37.2 Å². The normalized spacial score (nSPS) is 16.8. The summed E-state index contributed by atoms with van der Waals surface area (Å²) in [6, 6.07) is 7.75. The topological polar surface area (TPSA) is 99.2 Å². The van der Waals surface area contributed by atoms with Crippen molar-refractivity contribution in [2.45, 2.75) is 39.2 Å². The van der Waals surface area contributed by atoms with Gasteiger partial charge in [-0.1, -0.05) is 29.4 Å². The van der Waals surface area contributed by atoms with Gasteiger partial charge in [0.25, 0.3) is 11.8 Å². The van der Waals surface area contributed by atoms with Crippen LogP contribution in [0.25, 0.3) is 11.6 Å². The molecule has 9 heteroatoms. The first-order chi connectivity index (χ1) is 14.1. The van der Waals surface area contributed by atoms with E-state index < -0.39 is 0 Å². The fraction of sp³-hybridized carbons (Fsp3) is 0.450. The summed E-state index contributed by atoms with van der Waals surface area (Å²) in [5.41, 5.74) is 1.64. The van der Waals surface area contributed by atoms with Crippen molar-refractivity contribution in [3.8, 4) is 17.3 Å². The van der Waals surface area contributed by atoms with Gasteiger partial charge >= 0.3 is 0 Å². The van der Waals surface area contributed by atoms with Crippen LogP contribution in [0.15, 0.2) is 35.0 Å². The van der Waals surface area contributed by atoms with Crippen LogP contribution >= 0.6 is 0 Å². The molecule has 1 atom stereocenters. The van der Waals surface area contributed by atoms with Gasteiger partial charge in [0.05, 0.1) is 12.2 Å². The molecule has 0 bridgehead atoms. The molecule has 1 unspecified atom stereocenters. The van der Waals surface area contributed by atoms with Gasteiger partial charge in [-0.25, -0.2) is 4.68 Å². The van der Waals surface area contributed by atoms with Crippen molar-refractivity contribution in [2.75, 3.05) is 19.7 Å². The quantitative estimate of drug-likeness (QED) is 0.631. The van der Waals surface area contributed by atoms with Gasteiger partial charge < -0.3 is 14.2 Å². The predicted octanol–water partition coefficient (Wildman–Crippen LogP) is 2.44. The third-order valence-electron chi connectivity index (χ3n) is 4.99. The number of nitrogens with zero attached hydrogens (tertiary/aromatic N) is 6. The molecular weight excluding hydrogens is 372 g/mol. The van der Waals surface area contributed by atoms with E-state index in [4.69, 9.17) is 9.26 Å². The van der Waals surface area contributed by atoms with Crippen LogP contribution in [0.2, 0.25) is 0 Å². The van der Waals surface area contributed by atoms with E-state index in [1.165, 1.54) is 0 Å².